The van der Waals surface area contributed by atoms with E-state index in [4.69, 9.17) is 15.3 Å². The van der Waals surface area contributed by atoms with Crippen molar-refractivity contribution in [3.8, 4) is 6.19 Å². The highest BCUT2D eigenvalue weighted by Crippen LogP contribution is 1.84. The zero-order valence-electron chi connectivity index (χ0n) is 5.10. The Labute approximate surface area is 58.1 Å². The van der Waals surface area contributed by atoms with E-state index in [9.17, 15) is 0 Å². The van der Waals surface area contributed by atoms with Crippen LogP contribution in [0.5, 0.6) is 0 Å². The van der Waals surface area contributed by atoms with Crippen LogP contribution in [0.3, 0.4) is 0 Å². The van der Waals surface area contributed by atoms with Crippen LogP contribution in [0, 0.1) is 11.5 Å². The normalized spacial score (nSPS) is 8.90. The lowest BCUT2D eigenvalue weighted by Gasteiger charge is -1.95. The third-order valence-corrected chi connectivity index (χ3v) is 1.15. The average Bonchev–Trinajstić information content (AvgIpc) is 2.33. The van der Waals surface area contributed by atoms with Gasteiger partial charge in [-0.2, -0.15) is 5.26 Å². The molecule has 0 aromatic carbocycles. The molecule has 1 aromatic rings. The molecule has 0 aliphatic carbocycles. The fraction of sp³-hybridized carbons (Fsp3) is 0. The molecule has 1 aromatic heterocycles. The molecule has 0 saturated heterocycles. The van der Waals surface area contributed by atoms with Gasteiger partial charge in [0.05, 0.1) is 5.59 Å². The zero-order chi connectivity index (χ0) is 7.56. The number of nitrogens with zero attached hydrogens (tertiary/aromatic N) is 2. The highest BCUT2D eigenvalue weighted by atomic mass is 16.4. The molecule has 0 aliphatic heterocycles. The molecule has 4 nitrogen and oxygen atoms in total. The third kappa shape index (κ3) is 1.03. The van der Waals surface area contributed by atoms with Crippen molar-refractivity contribution in [2.75, 3.05) is 0 Å². The summed E-state index contributed by atoms with van der Waals surface area (Å²) >= 11 is 0. The summed E-state index contributed by atoms with van der Waals surface area (Å²) < 4.78 is 1.09. The van der Waals surface area contributed by atoms with Crippen LogP contribution in [0.25, 0.3) is 0 Å². The molecule has 50 valence electrons. The lowest BCUT2D eigenvalue weighted by atomic mass is 9.86. The summed E-state index contributed by atoms with van der Waals surface area (Å²) in [4.78, 5) is 0. The van der Waals surface area contributed by atoms with Gasteiger partial charge in [0.1, 0.15) is 0 Å². The number of nitriles is 1. The highest BCUT2D eigenvalue weighted by molar-refractivity contribution is 6.57. The van der Waals surface area contributed by atoms with Crippen LogP contribution in [0.15, 0.2) is 18.3 Å². The number of hydrogen-bond donors (Lipinski definition) is 2. The molecule has 10 heavy (non-hydrogen) atoms. The molecule has 1 rings (SSSR count). The molecule has 0 saturated carbocycles. The first-order valence-electron chi connectivity index (χ1n) is 2.69. The Hall–Kier alpha value is -1.25. The summed E-state index contributed by atoms with van der Waals surface area (Å²) in [6.07, 6.45) is 3.21. The second kappa shape index (κ2) is 2.56. The van der Waals surface area contributed by atoms with E-state index in [1.165, 1.54) is 12.3 Å². The summed E-state index contributed by atoms with van der Waals surface area (Å²) in [5.74, 6) is 0. The van der Waals surface area contributed by atoms with Crippen molar-refractivity contribution in [3.63, 3.8) is 0 Å². The van der Waals surface area contributed by atoms with E-state index in [2.05, 4.69) is 0 Å². The van der Waals surface area contributed by atoms with E-state index < -0.39 is 7.12 Å². The minimum absolute atomic E-state index is 0.183. The Kier molecular flexibility index (Phi) is 1.76. The molecule has 0 spiro atoms. The van der Waals surface area contributed by atoms with Gasteiger partial charge in [-0.1, -0.05) is 0 Å². The topological polar surface area (TPSA) is 69.2 Å². The predicted octanol–water partition coefficient (Wildman–Crippen LogP) is -1.50. The maximum atomic E-state index is 8.61. The summed E-state index contributed by atoms with van der Waals surface area (Å²) in [6, 6.07) is 3.03. The van der Waals surface area contributed by atoms with Crippen molar-refractivity contribution < 1.29 is 10.0 Å². The van der Waals surface area contributed by atoms with Gasteiger partial charge in [-0.15, -0.1) is 0 Å². The fourth-order valence-corrected chi connectivity index (χ4v) is 0.696. The summed E-state index contributed by atoms with van der Waals surface area (Å²) in [6.45, 7) is 0. The van der Waals surface area contributed by atoms with Gasteiger partial charge in [0.25, 0.3) is 0 Å². The molecule has 5 heteroatoms. The van der Waals surface area contributed by atoms with Gasteiger partial charge >= 0.3 is 7.12 Å². The SMILES string of the molecule is N#Cn1cccc1B(O)O. The Balaban J connectivity index is 3.05. The molecule has 0 fully saturated rings. The standard InChI is InChI=1S/C5H5BN2O2/c7-4-8-3-1-2-5(8)6(9)10/h1-3,9-10H. The van der Waals surface area contributed by atoms with Crippen molar-refractivity contribution in [3.05, 3.63) is 18.3 Å². The summed E-state index contributed by atoms with van der Waals surface area (Å²) in [5.41, 5.74) is 0.183. The van der Waals surface area contributed by atoms with E-state index in [1.807, 2.05) is 0 Å². The Morgan fingerprint density at radius 3 is 2.70 bits per heavy atom. The van der Waals surface area contributed by atoms with E-state index in [1.54, 1.807) is 12.3 Å². The Morgan fingerprint density at radius 2 is 2.30 bits per heavy atom. The molecule has 0 unspecified atom stereocenters. The van der Waals surface area contributed by atoms with Crippen LogP contribution in [0.2, 0.25) is 0 Å². The van der Waals surface area contributed by atoms with Gasteiger partial charge in [0.2, 0.25) is 0 Å². The lowest BCUT2D eigenvalue weighted by molar-refractivity contribution is 0.423. The van der Waals surface area contributed by atoms with Gasteiger partial charge in [-0.25, -0.2) is 0 Å². The molecule has 0 bridgehead atoms. The Morgan fingerprint density at radius 1 is 1.60 bits per heavy atom. The van der Waals surface area contributed by atoms with E-state index >= 15 is 0 Å². The quantitative estimate of drug-likeness (QED) is 0.461. The smallest absolute Gasteiger partial charge is 0.422 e. The van der Waals surface area contributed by atoms with Crippen LogP contribution in [0.1, 0.15) is 0 Å². The molecular formula is C5H5BN2O2. The second-order valence-corrected chi connectivity index (χ2v) is 1.78. The summed E-state index contributed by atoms with van der Waals surface area (Å²) in [7, 11) is -1.57. The number of hydrogen-bond acceptors (Lipinski definition) is 3. The largest absolute Gasteiger partial charge is 0.507 e. The van der Waals surface area contributed by atoms with Gasteiger partial charge in [-0.3, -0.25) is 4.57 Å². The fourth-order valence-electron chi connectivity index (χ4n) is 0.696. The van der Waals surface area contributed by atoms with E-state index in [0.717, 1.165) is 4.57 Å². The number of aromatic nitrogens is 1. The molecule has 1 heterocycles. The van der Waals surface area contributed by atoms with Crippen molar-refractivity contribution in [2.45, 2.75) is 0 Å². The highest BCUT2D eigenvalue weighted by Gasteiger charge is 2.14. The molecule has 0 aliphatic rings. The van der Waals surface area contributed by atoms with Gasteiger partial charge in [0, 0.05) is 6.20 Å². The van der Waals surface area contributed by atoms with Crippen LogP contribution in [0.4, 0.5) is 0 Å². The van der Waals surface area contributed by atoms with E-state index in [-0.39, 0.29) is 5.59 Å². The van der Waals surface area contributed by atoms with Gasteiger partial charge in [0.15, 0.2) is 6.19 Å². The first-order valence-corrected chi connectivity index (χ1v) is 2.69. The van der Waals surface area contributed by atoms with Gasteiger partial charge < -0.3 is 10.0 Å². The van der Waals surface area contributed by atoms with Crippen LogP contribution in [-0.2, 0) is 0 Å². The molecule has 0 radical (unpaired) electrons. The summed E-state index contributed by atoms with van der Waals surface area (Å²) in [5, 5.41) is 25.6. The van der Waals surface area contributed by atoms with Crippen molar-refractivity contribution >= 4 is 12.7 Å². The first kappa shape index (κ1) is 6.87. The first-order chi connectivity index (χ1) is 4.75. The van der Waals surface area contributed by atoms with Crippen molar-refractivity contribution in [2.24, 2.45) is 0 Å². The molecular weight excluding hydrogens is 131 g/mol. The predicted molar refractivity (Wildman–Crippen MR) is 35.3 cm³/mol. The van der Waals surface area contributed by atoms with Crippen LogP contribution >= 0.6 is 0 Å². The molecule has 0 amide bonds. The van der Waals surface area contributed by atoms with Crippen LogP contribution < -0.4 is 5.59 Å². The average molecular weight is 136 g/mol. The lowest BCUT2D eigenvalue weighted by Crippen LogP contribution is -2.34. The minimum atomic E-state index is -1.57. The van der Waals surface area contributed by atoms with E-state index in [0.29, 0.717) is 0 Å². The second-order valence-electron chi connectivity index (χ2n) is 1.78. The monoisotopic (exact) mass is 136 g/mol. The molecule has 2 N–H and O–H groups in total. The van der Waals surface area contributed by atoms with Crippen molar-refractivity contribution in [1.82, 2.24) is 4.57 Å². The molecule has 0 atom stereocenters. The number of rotatable bonds is 1. The van der Waals surface area contributed by atoms with Crippen molar-refractivity contribution in [1.29, 1.82) is 5.26 Å². The zero-order valence-corrected chi connectivity index (χ0v) is 5.10. The third-order valence-electron chi connectivity index (χ3n) is 1.15. The van der Waals surface area contributed by atoms with Crippen LogP contribution in [-0.4, -0.2) is 21.7 Å². The maximum Gasteiger partial charge on any atom is 0.507 e. The van der Waals surface area contributed by atoms with Gasteiger partial charge in [-0.05, 0) is 12.1 Å². The minimum Gasteiger partial charge on any atom is -0.422 e. The maximum absolute atomic E-state index is 8.61. The Bertz CT molecular complexity index is 263.